The number of hydrogen-bond acceptors (Lipinski definition) is 16. The summed E-state index contributed by atoms with van der Waals surface area (Å²) in [4.78, 5) is 43.7. The van der Waals surface area contributed by atoms with Crippen LogP contribution in [0.1, 0.15) is 47.9 Å². The third-order valence-corrected chi connectivity index (χ3v) is 20.3. The molecule has 0 amide bonds. The Morgan fingerprint density at radius 3 is 1.25 bits per heavy atom. The van der Waals surface area contributed by atoms with E-state index in [1.165, 1.54) is 36.9 Å². The van der Waals surface area contributed by atoms with Crippen molar-refractivity contribution in [2.24, 2.45) is 11.8 Å². The molecule has 20 nitrogen and oxygen atoms in total. The van der Waals surface area contributed by atoms with Crippen LogP contribution in [0.3, 0.4) is 0 Å². The van der Waals surface area contributed by atoms with Crippen molar-refractivity contribution in [3.05, 3.63) is 190 Å². The van der Waals surface area contributed by atoms with Crippen LogP contribution in [-0.4, -0.2) is 189 Å². The van der Waals surface area contributed by atoms with Gasteiger partial charge in [-0.05, 0) is 159 Å². The van der Waals surface area contributed by atoms with Crippen molar-refractivity contribution in [2.45, 2.75) is 64.6 Å². The van der Waals surface area contributed by atoms with E-state index in [2.05, 4.69) is 53.9 Å². The first kappa shape index (κ1) is 71.0. The summed E-state index contributed by atoms with van der Waals surface area (Å²) in [6, 6.07) is 34.7. The molecular formula is C78H82Cl2F2N10O10. The first-order chi connectivity index (χ1) is 49.5. The van der Waals surface area contributed by atoms with Crippen molar-refractivity contribution in [1.29, 1.82) is 0 Å². The molecule has 2 saturated carbocycles. The molecule has 102 heavy (non-hydrogen) atoms. The highest BCUT2D eigenvalue weighted by molar-refractivity contribution is 6.33. The van der Waals surface area contributed by atoms with E-state index in [1.54, 1.807) is 45.7 Å². The number of aliphatic carboxylic acids is 2. The van der Waals surface area contributed by atoms with Crippen LogP contribution in [0.5, 0.6) is 34.8 Å². The zero-order chi connectivity index (χ0) is 71.0. The van der Waals surface area contributed by atoms with Crippen LogP contribution >= 0.6 is 23.2 Å². The van der Waals surface area contributed by atoms with Gasteiger partial charge in [-0.25, -0.2) is 27.4 Å². The van der Waals surface area contributed by atoms with Gasteiger partial charge in [-0.3, -0.25) is 9.80 Å². The molecule has 0 unspecified atom stereocenters. The number of carbonyl (C=O) groups is 2. The van der Waals surface area contributed by atoms with Crippen molar-refractivity contribution in [3.8, 4) is 79.3 Å². The quantitative estimate of drug-likeness (QED) is 0.0468. The molecule has 0 spiro atoms. The van der Waals surface area contributed by atoms with Crippen LogP contribution in [-0.2, 0) is 22.4 Å². The van der Waals surface area contributed by atoms with Crippen LogP contribution in [0.2, 0.25) is 10.0 Å². The SMILES string of the molecule is Cc1c(-c2c(-c3ccc(F)cc3)cn3ncnc(O[C@@H](Cc4ccccc4OCC4CC4)C(=O)O)c23)ccc(OCCN2CCN(C)CC2)c1Cl.Cc1c(-c2c(-c3ccc(F)cc3)cn3ncnc(O[C@H](Cc4ccccc4OCC4CC4)C(=O)O)c23)ccc(OCCN2CCN(C)CC2)c1Cl. The highest BCUT2D eigenvalue weighted by Crippen LogP contribution is 2.47. The van der Waals surface area contributed by atoms with Crippen LogP contribution in [0.25, 0.3) is 55.5 Å². The molecule has 2 saturated heterocycles. The van der Waals surface area contributed by atoms with Gasteiger partial charge in [0.1, 0.15) is 71.5 Å². The normalized spacial score (nSPS) is 15.9. The summed E-state index contributed by atoms with van der Waals surface area (Å²) in [6.45, 7) is 15.7. The zero-order valence-electron chi connectivity index (χ0n) is 57.5. The van der Waals surface area contributed by atoms with E-state index in [-0.39, 0.29) is 36.2 Å². The molecule has 4 aromatic heterocycles. The molecule has 0 radical (unpaired) electrons. The number of aromatic nitrogens is 6. The number of hydrogen-bond donors (Lipinski definition) is 2. The predicted octanol–water partition coefficient (Wildman–Crippen LogP) is 13.3. The smallest absolute Gasteiger partial charge is 0.345 e. The minimum Gasteiger partial charge on any atom is -0.493 e. The van der Waals surface area contributed by atoms with Gasteiger partial charge in [-0.2, -0.15) is 20.2 Å². The number of rotatable bonds is 28. The molecule has 6 aromatic carbocycles. The molecule has 24 heteroatoms. The topological polar surface area (TPSA) is 203 Å². The van der Waals surface area contributed by atoms with Crippen LogP contribution < -0.4 is 28.4 Å². The summed E-state index contributed by atoms with van der Waals surface area (Å²) in [5.41, 5.74) is 9.55. The highest BCUT2D eigenvalue weighted by atomic mass is 35.5. The predicted molar refractivity (Wildman–Crippen MR) is 387 cm³/mol. The maximum absolute atomic E-state index is 14.1. The number of piperazine rings is 2. The van der Waals surface area contributed by atoms with E-state index in [4.69, 9.17) is 51.6 Å². The average molecular weight is 1430 g/mol. The van der Waals surface area contributed by atoms with Gasteiger partial charge >= 0.3 is 11.9 Å². The summed E-state index contributed by atoms with van der Waals surface area (Å²) < 4.78 is 68.4. The minimum atomic E-state index is -1.29. The number of halogens is 4. The highest BCUT2D eigenvalue weighted by Gasteiger charge is 2.32. The van der Waals surface area contributed by atoms with Gasteiger partial charge in [-0.1, -0.05) is 96.0 Å². The van der Waals surface area contributed by atoms with Gasteiger partial charge < -0.3 is 48.4 Å². The average Bonchev–Trinajstić information content (AvgIpc) is 1.63. The number of nitrogens with zero attached hydrogens (tertiary/aromatic N) is 10. The standard InChI is InChI=1S/2C39H41ClFN5O5/c2*1-25-30(13-14-33(36(25)40)49-20-19-45-17-15-44(2)16-18-45)35-31(27-9-11-29(41)12-10-27)22-46-37(35)38(42-24-43-46)51-34(39(47)48)21-28-5-3-4-6-32(28)50-23-26-7-8-26/h2*3-6,9-14,22,24,26,34H,7-8,15-21,23H2,1-2H3,(H,47,48)/t2*34-/m10/s1. The molecule has 532 valence electrons. The Kier molecular flexibility index (Phi) is 22.5. The summed E-state index contributed by atoms with van der Waals surface area (Å²) in [5.74, 6) is 0.659. The molecule has 2 atom stereocenters. The van der Waals surface area contributed by atoms with E-state index in [1.807, 2.05) is 86.6 Å². The van der Waals surface area contributed by atoms with Gasteiger partial charge in [0.25, 0.3) is 0 Å². The number of likely N-dealkylation sites (N-methyl/N-ethyl adjacent to an activating group) is 2. The fraction of sp³-hybridized carbons (Fsp3) is 0.359. The molecule has 2 aliphatic heterocycles. The Balaban J connectivity index is 0.000000182. The Hall–Kier alpha value is -9.42. The van der Waals surface area contributed by atoms with Crippen molar-refractivity contribution in [2.75, 3.05) is 106 Å². The minimum absolute atomic E-state index is 0.0538. The van der Waals surface area contributed by atoms with Crippen molar-refractivity contribution < 1.29 is 57.0 Å². The van der Waals surface area contributed by atoms with E-state index >= 15 is 0 Å². The first-order valence-electron chi connectivity index (χ1n) is 34.6. The third-order valence-electron chi connectivity index (χ3n) is 19.3. The Bertz CT molecular complexity index is 4310. The lowest BCUT2D eigenvalue weighted by Gasteiger charge is -2.32. The Morgan fingerprint density at radius 2 is 0.882 bits per heavy atom. The van der Waals surface area contributed by atoms with E-state index in [9.17, 15) is 28.6 Å². The number of ether oxygens (including phenoxy) is 6. The molecule has 2 aliphatic carbocycles. The van der Waals surface area contributed by atoms with Crippen LogP contribution in [0, 0.1) is 37.3 Å². The third kappa shape index (κ3) is 17.0. The molecule has 14 rings (SSSR count). The molecule has 4 aliphatic rings. The second kappa shape index (κ2) is 32.3. The lowest BCUT2D eigenvalue weighted by molar-refractivity contribution is -0.146. The van der Waals surface area contributed by atoms with Crippen LogP contribution in [0.4, 0.5) is 8.78 Å². The number of benzene rings is 6. The first-order valence-corrected chi connectivity index (χ1v) is 35.4. The van der Waals surface area contributed by atoms with Gasteiger partial charge in [0.05, 0.1) is 23.3 Å². The zero-order valence-corrected chi connectivity index (χ0v) is 59.0. The van der Waals surface area contributed by atoms with Gasteiger partial charge in [0.2, 0.25) is 24.0 Å². The number of para-hydroxylation sites is 2. The largest absolute Gasteiger partial charge is 0.493 e. The molecule has 4 fully saturated rings. The lowest BCUT2D eigenvalue weighted by atomic mass is 9.94. The summed E-state index contributed by atoms with van der Waals surface area (Å²) in [5, 5.41) is 30.6. The summed E-state index contributed by atoms with van der Waals surface area (Å²) >= 11 is 14.0. The maximum atomic E-state index is 14.1. The maximum Gasteiger partial charge on any atom is 0.345 e. The molecule has 2 N–H and O–H groups in total. The van der Waals surface area contributed by atoms with E-state index in [0.717, 1.165) is 136 Å². The van der Waals surface area contributed by atoms with E-state index in [0.29, 0.717) is 105 Å². The summed E-state index contributed by atoms with van der Waals surface area (Å²) in [7, 11) is 4.26. The number of fused-ring (bicyclic) bond motifs is 2. The molecule has 10 aromatic rings. The molecular weight excluding hydrogens is 1350 g/mol. The van der Waals surface area contributed by atoms with Gasteiger partial charge in [-0.15, -0.1) is 0 Å². The summed E-state index contributed by atoms with van der Waals surface area (Å²) in [6.07, 6.45) is 8.36. The lowest BCUT2D eigenvalue weighted by Crippen LogP contribution is -2.45. The van der Waals surface area contributed by atoms with Crippen LogP contribution in [0.15, 0.2) is 146 Å². The van der Waals surface area contributed by atoms with Crippen molar-refractivity contribution in [1.82, 2.24) is 48.8 Å². The number of carboxylic acids is 2. The fourth-order valence-electron chi connectivity index (χ4n) is 12.8. The second-order valence-electron chi connectivity index (χ2n) is 26.7. The fourth-order valence-corrected chi connectivity index (χ4v) is 13.3. The van der Waals surface area contributed by atoms with E-state index < -0.39 is 24.1 Å². The van der Waals surface area contributed by atoms with Crippen molar-refractivity contribution in [3.63, 3.8) is 0 Å². The molecule has 0 bridgehead atoms. The Morgan fingerprint density at radius 1 is 0.500 bits per heavy atom. The van der Waals surface area contributed by atoms with Gasteiger partial charge in [0.15, 0.2) is 0 Å². The number of carboxylic acid groups (broad SMARTS) is 2. The Labute approximate surface area is 600 Å². The van der Waals surface area contributed by atoms with Gasteiger partial charge in [0, 0.05) is 113 Å². The monoisotopic (exact) mass is 1430 g/mol. The van der Waals surface area contributed by atoms with Crippen molar-refractivity contribution >= 4 is 46.2 Å². The second-order valence-corrected chi connectivity index (χ2v) is 27.4. The molecule has 6 heterocycles.